The largest absolute Gasteiger partial charge is 0.462 e. The predicted octanol–water partition coefficient (Wildman–Crippen LogP) is 3.84. The lowest BCUT2D eigenvalue weighted by atomic mass is 9.98. The van der Waals surface area contributed by atoms with Gasteiger partial charge < -0.3 is 14.8 Å². The third kappa shape index (κ3) is 5.94. The van der Waals surface area contributed by atoms with Crippen molar-refractivity contribution >= 4 is 12.1 Å². The maximum absolute atomic E-state index is 12.2. The Morgan fingerprint density at radius 2 is 2.00 bits per heavy atom. The molecule has 24 heavy (non-hydrogen) atoms. The highest BCUT2D eigenvalue weighted by molar-refractivity contribution is 5.90. The summed E-state index contributed by atoms with van der Waals surface area (Å²) in [6, 6.07) is 6.71. The summed E-state index contributed by atoms with van der Waals surface area (Å²) in [4.78, 5) is 24.4. The van der Waals surface area contributed by atoms with Crippen molar-refractivity contribution in [2.45, 2.75) is 46.3 Å². The number of amides is 1. The fraction of sp³-hybridized carbons (Fsp3) is 0.421. The number of carbonyl (C=O) groups excluding carboxylic acids is 2. The van der Waals surface area contributed by atoms with E-state index in [9.17, 15) is 9.59 Å². The molecule has 5 nitrogen and oxygen atoms in total. The Kier molecular flexibility index (Phi) is 6.81. The molecule has 0 radical (unpaired) electrons. The minimum Gasteiger partial charge on any atom is -0.462 e. The van der Waals surface area contributed by atoms with E-state index in [4.69, 9.17) is 9.47 Å². The Bertz CT molecular complexity index is 652. The Balaban J connectivity index is 3.19. The molecule has 0 aliphatic carbocycles. The van der Waals surface area contributed by atoms with Crippen molar-refractivity contribution in [3.8, 4) is 0 Å². The minimum absolute atomic E-state index is 0.133. The summed E-state index contributed by atoms with van der Waals surface area (Å²) < 4.78 is 10.3. The molecule has 0 bridgehead atoms. The smallest absolute Gasteiger partial charge is 0.408 e. The molecule has 0 saturated heterocycles. The first-order valence-electron chi connectivity index (χ1n) is 7.81. The quantitative estimate of drug-likeness (QED) is 0.506. The molecule has 0 fully saturated rings. The number of rotatable bonds is 5. The van der Waals surface area contributed by atoms with Crippen LogP contribution in [0.5, 0.6) is 0 Å². The molecule has 0 aliphatic rings. The number of hydrogen-bond donors (Lipinski definition) is 1. The number of alkyl carbamates (subject to hydrolysis) is 1. The summed E-state index contributed by atoms with van der Waals surface area (Å²) in [7, 11) is 0. The summed E-state index contributed by atoms with van der Waals surface area (Å²) in [5.74, 6) is -0.574. The van der Waals surface area contributed by atoms with Crippen molar-refractivity contribution < 1.29 is 19.1 Å². The van der Waals surface area contributed by atoms with E-state index in [1.54, 1.807) is 27.7 Å². The van der Waals surface area contributed by atoms with Gasteiger partial charge in [0.2, 0.25) is 0 Å². The molecule has 1 aromatic rings. The van der Waals surface area contributed by atoms with Crippen LogP contribution >= 0.6 is 0 Å². The van der Waals surface area contributed by atoms with Gasteiger partial charge in [-0.25, -0.2) is 9.59 Å². The van der Waals surface area contributed by atoms with E-state index < -0.39 is 23.7 Å². The van der Waals surface area contributed by atoms with Crippen molar-refractivity contribution in [1.29, 1.82) is 0 Å². The molecule has 1 atom stereocenters. The maximum Gasteiger partial charge on any atom is 0.408 e. The molecule has 0 aliphatic heterocycles. The standard InChI is InChI=1S/C19H25NO4/c1-7-15(17(21)23-8-2)16(14-11-9-10-13(3)12-14)20-18(22)24-19(4,5)6/h9-12,16H,1,8H2,2-6H3,(H,20,22). The lowest BCUT2D eigenvalue weighted by Crippen LogP contribution is -2.37. The average Bonchev–Trinajstić information content (AvgIpc) is 2.45. The maximum atomic E-state index is 12.2. The molecule has 0 heterocycles. The van der Waals surface area contributed by atoms with Crippen LogP contribution in [0, 0.1) is 6.92 Å². The molecule has 1 N–H and O–H groups in total. The van der Waals surface area contributed by atoms with Crippen molar-refractivity contribution in [2.24, 2.45) is 0 Å². The van der Waals surface area contributed by atoms with E-state index in [0.717, 1.165) is 11.1 Å². The van der Waals surface area contributed by atoms with Gasteiger partial charge >= 0.3 is 12.1 Å². The van der Waals surface area contributed by atoms with E-state index in [1.165, 1.54) is 0 Å². The first kappa shape index (κ1) is 19.5. The van der Waals surface area contributed by atoms with Crippen LogP contribution in [0.25, 0.3) is 0 Å². The lowest BCUT2D eigenvalue weighted by molar-refractivity contribution is -0.138. The fourth-order valence-electron chi connectivity index (χ4n) is 2.10. The first-order chi connectivity index (χ1) is 11.2. The van der Waals surface area contributed by atoms with Gasteiger partial charge in [0.1, 0.15) is 11.2 Å². The summed E-state index contributed by atoms with van der Waals surface area (Å²) in [5.41, 5.74) is 3.80. The topological polar surface area (TPSA) is 64.6 Å². The van der Waals surface area contributed by atoms with Gasteiger partial charge in [0.15, 0.2) is 0 Å². The zero-order valence-electron chi connectivity index (χ0n) is 14.9. The highest BCUT2D eigenvalue weighted by Crippen LogP contribution is 2.24. The molecule has 1 aromatic carbocycles. The molecule has 0 aromatic heterocycles. The van der Waals surface area contributed by atoms with Crippen molar-refractivity contribution in [2.75, 3.05) is 6.61 Å². The van der Waals surface area contributed by atoms with Crippen molar-refractivity contribution in [3.63, 3.8) is 0 Å². The molecule has 0 saturated carbocycles. The third-order valence-electron chi connectivity index (χ3n) is 3.01. The van der Waals surface area contributed by atoms with Gasteiger partial charge in [0.25, 0.3) is 0 Å². The van der Waals surface area contributed by atoms with Crippen LogP contribution in [-0.2, 0) is 14.3 Å². The number of nitrogens with one attached hydrogen (secondary N) is 1. The Morgan fingerprint density at radius 3 is 2.50 bits per heavy atom. The Hall–Kier alpha value is -2.52. The SMILES string of the molecule is C=C=C(C(=O)OCC)C(NC(=O)OC(C)(C)C)c1cccc(C)c1. The van der Waals surface area contributed by atoms with Crippen molar-refractivity contribution in [1.82, 2.24) is 5.32 Å². The molecule has 130 valence electrons. The predicted molar refractivity (Wildman–Crippen MR) is 92.6 cm³/mol. The first-order valence-corrected chi connectivity index (χ1v) is 7.81. The second-order valence-electron chi connectivity index (χ2n) is 6.30. The molecule has 5 heteroatoms. The molecule has 1 unspecified atom stereocenters. The van der Waals surface area contributed by atoms with Crippen LogP contribution in [0.4, 0.5) is 4.79 Å². The van der Waals surface area contributed by atoms with Crippen LogP contribution in [-0.4, -0.2) is 24.3 Å². The van der Waals surface area contributed by atoms with Gasteiger partial charge in [-0.2, -0.15) is 0 Å². The van der Waals surface area contributed by atoms with E-state index in [1.807, 2.05) is 31.2 Å². The highest BCUT2D eigenvalue weighted by atomic mass is 16.6. The number of hydrogen-bond acceptors (Lipinski definition) is 4. The highest BCUT2D eigenvalue weighted by Gasteiger charge is 2.27. The van der Waals surface area contributed by atoms with E-state index in [-0.39, 0.29) is 12.2 Å². The monoisotopic (exact) mass is 331 g/mol. The summed E-state index contributed by atoms with van der Waals surface area (Å²) in [5, 5.41) is 2.71. The van der Waals surface area contributed by atoms with Crippen LogP contribution in [0.3, 0.4) is 0 Å². The number of benzene rings is 1. The van der Waals surface area contributed by atoms with Crippen LogP contribution in [0.1, 0.15) is 44.9 Å². The van der Waals surface area contributed by atoms with E-state index in [2.05, 4.69) is 17.6 Å². The summed E-state index contributed by atoms with van der Waals surface area (Å²) in [6.45, 7) is 12.7. The van der Waals surface area contributed by atoms with Crippen molar-refractivity contribution in [3.05, 3.63) is 53.3 Å². The molecular weight excluding hydrogens is 306 g/mol. The number of carbonyl (C=O) groups is 2. The van der Waals surface area contributed by atoms with Gasteiger partial charge in [-0.3, -0.25) is 0 Å². The molecule has 1 amide bonds. The van der Waals surface area contributed by atoms with Gasteiger partial charge in [0.05, 0.1) is 12.6 Å². The van der Waals surface area contributed by atoms with Gasteiger partial charge in [-0.1, -0.05) is 36.4 Å². The average molecular weight is 331 g/mol. The minimum atomic E-state index is -0.753. The Morgan fingerprint density at radius 1 is 1.33 bits per heavy atom. The van der Waals surface area contributed by atoms with Gasteiger partial charge in [-0.15, -0.1) is 5.73 Å². The van der Waals surface area contributed by atoms with Gasteiger partial charge in [0, 0.05) is 0 Å². The molecule has 0 spiro atoms. The van der Waals surface area contributed by atoms with E-state index >= 15 is 0 Å². The third-order valence-corrected chi connectivity index (χ3v) is 3.01. The molecular formula is C19H25NO4. The van der Waals surface area contributed by atoms with E-state index in [0.29, 0.717) is 0 Å². The number of esters is 1. The summed E-state index contributed by atoms with van der Waals surface area (Å²) >= 11 is 0. The fourth-order valence-corrected chi connectivity index (χ4v) is 2.10. The second-order valence-corrected chi connectivity index (χ2v) is 6.30. The second kappa shape index (κ2) is 8.37. The van der Waals surface area contributed by atoms with Crippen LogP contribution in [0.15, 0.2) is 42.1 Å². The van der Waals surface area contributed by atoms with Gasteiger partial charge in [-0.05, 0) is 40.2 Å². The number of aryl methyl sites for hydroxylation is 1. The Labute approximate surface area is 143 Å². The van der Waals surface area contributed by atoms with Crippen LogP contribution in [0.2, 0.25) is 0 Å². The zero-order valence-corrected chi connectivity index (χ0v) is 14.9. The number of ether oxygens (including phenoxy) is 2. The summed E-state index contributed by atoms with van der Waals surface area (Å²) in [6.07, 6.45) is -0.633. The van der Waals surface area contributed by atoms with Crippen LogP contribution < -0.4 is 5.32 Å². The molecule has 1 rings (SSSR count). The normalized spacial score (nSPS) is 11.9. The zero-order chi connectivity index (χ0) is 18.3. The lowest BCUT2D eigenvalue weighted by Gasteiger charge is -2.24.